The fourth-order valence-electron chi connectivity index (χ4n) is 5.64. The van der Waals surface area contributed by atoms with Crippen LogP contribution >= 0.6 is 0 Å². The number of carbonyl (C=O) groups is 1. The maximum absolute atomic E-state index is 15.0. The van der Waals surface area contributed by atoms with Crippen LogP contribution in [0.3, 0.4) is 0 Å². The fourth-order valence-corrected chi connectivity index (χ4v) is 5.64. The normalized spacial score (nSPS) is 20.1. The van der Waals surface area contributed by atoms with E-state index >= 15 is 4.39 Å². The number of aryl methyl sites for hydroxylation is 1. The van der Waals surface area contributed by atoms with Crippen LogP contribution in [-0.2, 0) is 11.8 Å². The van der Waals surface area contributed by atoms with Crippen LogP contribution in [0.15, 0.2) is 46.9 Å². The van der Waals surface area contributed by atoms with Gasteiger partial charge in [0.05, 0.1) is 24.3 Å². The number of carbonyl (C=O) groups excluding carboxylic acids is 1. The van der Waals surface area contributed by atoms with E-state index in [2.05, 4.69) is 25.6 Å². The largest absolute Gasteiger partial charge is 0.383 e. The summed E-state index contributed by atoms with van der Waals surface area (Å²) in [4.78, 5) is 20.9. The Morgan fingerprint density at radius 1 is 1.26 bits per heavy atom. The van der Waals surface area contributed by atoms with Crippen LogP contribution in [0.2, 0.25) is 0 Å². The molecule has 204 valence electrons. The molecule has 2 fully saturated rings. The van der Waals surface area contributed by atoms with Gasteiger partial charge in [0.15, 0.2) is 7.05 Å². The van der Waals surface area contributed by atoms with Gasteiger partial charge in [-0.3, -0.25) is 9.69 Å². The standard InChI is InChI=1S/C28H39FN8O/c1-19(38)37-12-8-26(33-23-16-36(17-23)11-7-20-5-9-31-10-6-20)24(18-37)28(30)34-27-4-3-21(13-25(27)29)22-14-32-35(2)15-22/h3-4,13-15,20,23,31H,5-12,16-18H2,1-2H3,(H3,30,33,34)/p+1. The Hall–Kier alpha value is -3.24. The Bertz CT molecular complexity index is 1210. The molecule has 0 radical (unpaired) electrons. The van der Waals surface area contributed by atoms with E-state index in [1.165, 1.54) is 25.3 Å². The van der Waals surface area contributed by atoms with E-state index in [-0.39, 0.29) is 17.4 Å². The van der Waals surface area contributed by atoms with E-state index in [1.54, 1.807) is 22.6 Å². The molecule has 9 nitrogen and oxygen atoms in total. The molecular weight excluding hydrogens is 483 g/mol. The number of piperidine rings is 1. The summed E-state index contributed by atoms with van der Waals surface area (Å²) in [5.74, 6) is 0.648. The minimum atomic E-state index is -0.438. The van der Waals surface area contributed by atoms with Gasteiger partial charge in [-0.25, -0.2) is 9.38 Å². The number of nitrogens with one attached hydrogen (secondary N) is 3. The molecule has 0 spiro atoms. The first-order chi connectivity index (χ1) is 18.4. The molecule has 5 rings (SSSR count). The number of hydrogen-bond acceptors (Lipinski definition) is 5. The van der Waals surface area contributed by atoms with E-state index in [1.807, 2.05) is 25.5 Å². The topological polar surface area (TPSA) is 106 Å². The summed E-state index contributed by atoms with van der Waals surface area (Å²) in [7, 11) is 1.88. The highest BCUT2D eigenvalue weighted by atomic mass is 19.1. The smallest absolute Gasteiger partial charge is 0.219 e. The van der Waals surface area contributed by atoms with Crippen molar-refractivity contribution in [1.82, 2.24) is 25.5 Å². The van der Waals surface area contributed by atoms with E-state index in [0.717, 1.165) is 61.0 Å². The number of nitrogens with zero attached hydrogens (tertiary/aromatic N) is 4. The first kappa shape index (κ1) is 26.4. The predicted octanol–water partition coefficient (Wildman–Crippen LogP) is 1.80. The molecule has 1 amide bonds. The average molecular weight is 524 g/mol. The van der Waals surface area contributed by atoms with Crippen LogP contribution in [-0.4, -0.2) is 78.5 Å². The number of H-pyrrole nitrogens is 1. The Kier molecular flexibility index (Phi) is 8.09. The number of likely N-dealkylation sites (tertiary alicyclic amines) is 1. The van der Waals surface area contributed by atoms with Gasteiger partial charge >= 0.3 is 0 Å². The molecule has 38 heavy (non-hydrogen) atoms. The number of aromatic nitrogens is 2. The summed E-state index contributed by atoms with van der Waals surface area (Å²) >= 11 is 0. The summed E-state index contributed by atoms with van der Waals surface area (Å²) in [6, 6.07) is 5.30. The summed E-state index contributed by atoms with van der Waals surface area (Å²) in [6.07, 6.45) is 8.23. The molecule has 1 aromatic carbocycles. The molecule has 3 aliphatic rings. The number of amidine groups is 1. The maximum Gasteiger partial charge on any atom is 0.219 e. The molecule has 0 saturated carbocycles. The second kappa shape index (κ2) is 11.7. The quantitative estimate of drug-likeness (QED) is 0.240. The Balaban J connectivity index is 1.26. The van der Waals surface area contributed by atoms with Gasteiger partial charge in [0.25, 0.3) is 0 Å². The van der Waals surface area contributed by atoms with Crippen molar-refractivity contribution in [3.05, 3.63) is 47.7 Å². The van der Waals surface area contributed by atoms with Crippen molar-refractivity contribution in [2.75, 3.05) is 45.8 Å². The monoisotopic (exact) mass is 523 g/mol. The van der Waals surface area contributed by atoms with Crippen molar-refractivity contribution in [3.63, 3.8) is 0 Å². The number of nitrogens with two attached hydrogens (primary N) is 1. The maximum atomic E-state index is 15.0. The van der Waals surface area contributed by atoms with E-state index in [0.29, 0.717) is 25.6 Å². The minimum Gasteiger partial charge on any atom is -0.383 e. The van der Waals surface area contributed by atoms with Crippen LogP contribution in [0.4, 0.5) is 10.1 Å². The Morgan fingerprint density at radius 3 is 2.74 bits per heavy atom. The molecule has 10 heteroatoms. The van der Waals surface area contributed by atoms with Gasteiger partial charge in [-0.15, -0.1) is 4.68 Å². The number of aromatic amines is 1. The molecule has 0 aliphatic carbocycles. The van der Waals surface area contributed by atoms with Crippen molar-refractivity contribution in [2.24, 2.45) is 23.7 Å². The van der Waals surface area contributed by atoms with Gasteiger partial charge in [0.2, 0.25) is 12.1 Å². The summed E-state index contributed by atoms with van der Waals surface area (Å²) in [5.41, 5.74) is 10.1. The highest BCUT2D eigenvalue weighted by Gasteiger charge is 2.30. The first-order valence-corrected chi connectivity index (χ1v) is 13.7. The number of benzene rings is 1. The van der Waals surface area contributed by atoms with Crippen molar-refractivity contribution >= 4 is 17.4 Å². The fraction of sp³-hybridized carbons (Fsp3) is 0.536. The van der Waals surface area contributed by atoms with Crippen LogP contribution in [0.25, 0.3) is 11.1 Å². The highest BCUT2D eigenvalue weighted by Crippen LogP contribution is 2.27. The third kappa shape index (κ3) is 6.24. The van der Waals surface area contributed by atoms with Gasteiger partial charge < -0.3 is 21.3 Å². The van der Waals surface area contributed by atoms with Crippen LogP contribution in [0.1, 0.15) is 32.6 Å². The van der Waals surface area contributed by atoms with E-state index in [4.69, 9.17) is 5.73 Å². The van der Waals surface area contributed by atoms with Crippen molar-refractivity contribution in [3.8, 4) is 11.1 Å². The van der Waals surface area contributed by atoms with Gasteiger partial charge in [0.1, 0.15) is 17.3 Å². The molecule has 4 heterocycles. The zero-order chi connectivity index (χ0) is 26.6. The van der Waals surface area contributed by atoms with Crippen LogP contribution < -0.4 is 21.0 Å². The predicted molar refractivity (Wildman–Crippen MR) is 146 cm³/mol. The van der Waals surface area contributed by atoms with Crippen LogP contribution in [0.5, 0.6) is 0 Å². The van der Waals surface area contributed by atoms with Crippen molar-refractivity contribution in [2.45, 2.75) is 38.6 Å². The molecule has 2 aromatic rings. The summed E-state index contributed by atoms with van der Waals surface area (Å²) in [5, 5.41) is 10.2. The SMILES string of the molecule is CC(=O)N1CCC(NC2CN(CCC3CCNCC3)C2)=C(C(N)=Nc2ccc(-c3c[nH][n+](C)c3)cc2F)C1. The Labute approximate surface area is 224 Å². The van der Waals surface area contributed by atoms with Gasteiger partial charge in [-0.1, -0.05) is 6.07 Å². The number of halogens is 1. The number of hydrogen-bond donors (Lipinski definition) is 4. The minimum absolute atomic E-state index is 0.00252. The molecule has 1 aromatic heterocycles. The number of aliphatic imine (C=N–C) groups is 1. The molecular formula is C28H40FN8O+. The van der Waals surface area contributed by atoms with E-state index in [9.17, 15) is 4.79 Å². The molecule has 5 N–H and O–H groups in total. The Morgan fingerprint density at radius 2 is 2.05 bits per heavy atom. The second-order valence-corrected chi connectivity index (χ2v) is 10.9. The van der Waals surface area contributed by atoms with E-state index < -0.39 is 5.82 Å². The van der Waals surface area contributed by atoms with Gasteiger partial charge in [0, 0.05) is 44.2 Å². The van der Waals surface area contributed by atoms with Gasteiger partial charge in [-0.2, -0.15) is 5.10 Å². The third-order valence-corrected chi connectivity index (χ3v) is 8.03. The molecule has 0 unspecified atom stereocenters. The number of amides is 1. The summed E-state index contributed by atoms with van der Waals surface area (Å²) in [6.45, 7) is 8.01. The third-order valence-electron chi connectivity index (χ3n) is 8.03. The lowest BCUT2D eigenvalue weighted by Gasteiger charge is -2.42. The highest BCUT2D eigenvalue weighted by molar-refractivity contribution is 6.00. The summed E-state index contributed by atoms with van der Waals surface area (Å²) < 4.78 is 16.8. The molecule has 0 atom stereocenters. The second-order valence-electron chi connectivity index (χ2n) is 10.9. The average Bonchev–Trinajstić information content (AvgIpc) is 3.33. The van der Waals surface area contributed by atoms with Crippen molar-refractivity contribution < 1.29 is 13.9 Å². The molecule has 2 saturated heterocycles. The lowest BCUT2D eigenvalue weighted by Crippen LogP contribution is -2.58. The van der Waals surface area contributed by atoms with Crippen LogP contribution in [0, 0.1) is 11.7 Å². The lowest BCUT2D eigenvalue weighted by atomic mass is 9.93. The zero-order valence-corrected chi connectivity index (χ0v) is 22.5. The molecule has 0 bridgehead atoms. The molecule has 3 aliphatic heterocycles. The van der Waals surface area contributed by atoms with Gasteiger partial charge in [-0.05, 0) is 62.5 Å². The first-order valence-electron chi connectivity index (χ1n) is 13.7. The van der Waals surface area contributed by atoms with Crippen molar-refractivity contribution in [1.29, 1.82) is 0 Å². The lowest BCUT2D eigenvalue weighted by molar-refractivity contribution is -0.726. The number of rotatable bonds is 8. The zero-order valence-electron chi connectivity index (χ0n) is 22.5.